The first-order valence-corrected chi connectivity index (χ1v) is 16.2. The maximum absolute atomic E-state index is 13.5. The summed E-state index contributed by atoms with van der Waals surface area (Å²) in [6, 6.07) is 12.9. The number of esters is 1. The Bertz CT molecular complexity index is 1140. The summed E-state index contributed by atoms with van der Waals surface area (Å²) in [4.78, 5) is 27.8. The van der Waals surface area contributed by atoms with E-state index in [-0.39, 0.29) is 5.91 Å². The second-order valence-corrected chi connectivity index (χ2v) is 12.4. The van der Waals surface area contributed by atoms with Crippen molar-refractivity contribution >= 4 is 56.7 Å². The van der Waals surface area contributed by atoms with Gasteiger partial charge in [0.15, 0.2) is 5.17 Å². The molecule has 0 aliphatic rings. The van der Waals surface area contributed by atoms with Crippen LogP contribution < -0.4 is 5.32 Å². The Morgan fingerprint density at radius 2 is 1.85 bits per heavy atom. The maximum Gasteiger partial charge on any atom is 0.328 e. The Morgan fingerprint density at radius 3 is 2.49 bits per heavy atom. The highest BCUT2D eigenvalue weighted by Gasteiger charge is 2.24. The zero-order valence-electron chi connectivity index (χ0n) is 23.5. The Balaban J connectivity index is 2.44. The second kappa shape index (κ2) is 17.3. The van der Waals surface area contributed by atoms with Gasteiger partial charge in [-0.2, -0.15) is 11.8 Å². The van der Waals surface area contributed by atoms with Gasteiger partial charge >= 0.3 is 5.97 Å². The third-order valence-electron chi connectivity index (χ3n) is 6.07. The summed E-state index contributed by atoms with van der Waals surface area (Å²) in [5, 5.41) is 20.0. The van der Waals surface area contributed by atoms with Crippen LogP contribution in [0.3, 0.4) is 0 Å². The molecule has 10 heteroatoms. The fourth-order valence-electron chi connectivity index (χ4n) is 3.98. The van der Waals surface area contributed by atoms with Crippen LogP contribution in [0.25, 0.3) is 11.1 Å². The number of carbonyl (C=O) groups excluding carboxylic acids is 2. The van der Waals surface area contributed by atoms with Crippen molar-refractivity contribution in [2.75, 3.05) is 31.4 Å². The number of aryl methyl sites for hydroxylation is 1. The van der Waals surface area contributed by atoms with E-state index in [1.807, 2.05) is 61.4 Å². The molecule has 3 N–H and O–H groups in total. The van der Waals surface area contributed by atoms with Gasteiger partial charge in [0.25, 0.3) is 5.91 Å². The van der Waals surface area contributed by atoms with Crippen molar-refractivity contribution in [3.63, 3.8) is 0 Å². The minimum absolute atomic E-state index is 0.326. The van der Waals surface area contributed by atoms with Crippen LogP contribution in [0.5, 0.6) is 0 Å². The first kappa shape index (κ1) is 32.8. The Kier molecular flexibility index (Phi) is 14.5. The van der Waals surface area contributed by atoms with Crippen molar-refractivity contribution in [2.24, 2.45) is 0 Å². The van der Waals surface area contributed by atoms with Crippen molar-refractivity contribution in [3.05, 3.63) is 59.2 Å². The minimum Gasteiger partial charge on any atom is -0.467 e. The number of hydrogen-bond donors (Lipinski definition) is 3. The van der Waals surface area contributed by atoms with E-state index in [1.165, 1.54) is 30.6 Å². The lowest BCUT2D eigenvalue weighted by atomic mass is 9.93. The molecule has 0 spiro atoms. The van der Waals surface area contributed by atoms with Crippen LogP contribution >= 0.6 is 35.3 Å². The fourth-order valence-corrected chi connectivity index (χ4v) is 6.00. The van der Waals surface area contributed by atoms with Crippen molar-refractivity contribution < 1.29 is 14.3 Å². The van der Waals surface area contributed by atoms with E-state index in [9.17, 15) is 9.59 Å². The van der Waals surface area contributed by atoms with Crippen LogP contribution in [0, 0.1) is 17.7 Å². The molecule has 2 rings (SSSR count). The largest absolute Gasteiger partial charge is 0.467 e. The van der Waals surface area contributed by atoms with Gasteiger partial charge in [-0.15, -0.1) is 11.8 Å². The quantitative estimate of drug-likeness (QED) is 0.137. The van der Waals surface area contributed by atoms with Crippen LogP contribution in [0.4, 0.5) is 0 Å². The van der Waals surface area contributed by atoms with Gasteiger partial charge in [-0.05, 0) is 83.7 Å². The van der Waals surface area contributed by atoms with Gasteiger partial charge in [-0.1, -0.05) is 50.6 Å². The number of benzene rings is 2. The molecule has 0 aliphatic heterocycles. The first-order chi connectivity index (χ1) is 18.7. The molecule has 39 heavy (non-hydrogen) atoms. The number of carbonyl (C=O) groups is 2. The molecule has 0 aromatic heterocycles. The highest BCUT2D eigenvalue weighted by Crippen LogP contribution is 2.29. The van der Waals surface area contributed by atoms with E-state index in [4.69, 9.17) is 15.6 Å². The molecule has 2 aromatic rings. The highest BCUT2D eigenvalue weighted by molar-refractivity contribution is 8.44. The number of rotatable bonds is 13. The Hall–Kier alpha value is -2.43. The standard InChI is InChI=1S/C29H40N4O3S3/c1-6-8-16-33(28(30)39-29(31)38-7-2)19-21-13-14-23(24(18-21)22-12-10-9-11-20(22)3)26(34)32-25(15-17-37-5)27(35)36-4/h9-14,18,25,30-31H,6-8,15-17,19H2,1-5H3,(H,32,34). The van der Waals surface area contributed by atoms with Crippen LogP contribution in [0.1, 0.15) is 54.6 Å². The smallest absolute Gasteiger partial charge is 0.328 e. The predicted molar refractivity (Wildman–Crippen MR) is 169 cm³/mol. The third kappa shape index (κ3) is 10.2. The summed E-state index contributed by atoms with van der Waals surface area (Å²) in [5.41, 5.74) is 4.20. The van der Waals surface area contributed by atoms with Crippen LogP contribution in [-0.2, 0) is 16.1 Å². The van der Waals surface area contributed by atoms with Crippen molar-refractivity contribution in [1.29, 1.82) is 10.8 Å². The van der Waals surface area contributed by atoms with E-state index in [2.05, 4.69) is 12.2 Å². The average molecular weight is 589 g/mol. The van der Waals surface area contributed by atoms with E-state index in [0.717, 1.165) is 46.6 Å². The molecule has 7 nitrogen and oxygen atoms in total. The molecule has 0 heterocycles. The van der Waals surface area contributed by atoms with Gasteiger partial charge in [0.2, 0.25) is 0 Å². The molecule has 1 atom stereocenters. The van der Waals surface area contributed by atoms with Gasteiger partial charge in [-0.25, -0.2) is 4.79 Å². The molecule has 0 bridgehead atoms. The summed E-state index contributed by atoms with van der Waals surface area (Å²) in [7, 11) is 1.33. The highest BCUT2D eigenvalue weighted by atomic mass is 32.2. The molecule has 0 saturated heterocycles. The summed E-state index contributed by atoms with van der Waals surface area (Å²) in [6.07, 6.45) is 4.38. The number of amides is 1. The van der Waals surface area contributed by atoms with E-state index < -0.39 is 12.0 Å². The molecule has 0 saturated carbocycles. The zero-order valence-corrected chi connectivity index (χ0v) is 25.9. The van der Waals surface area contributed by atoms with Crippen LogP contribution in [0.2, 0.25) is 0 Å². The third-order valence-corrected chi connectivity index (χ3v) is 8.51. The molecule has 1 amide bonds. The van der Waals surface area contributed by atoms with Gasteiger partial charge in [0.05, 0.1) is 7.11 Å². The fraction of sp³-hybridized carbons (Fsp3) is 0.448. The Morgan fingerprint density at radius 1 is 1.10 bits per heavy atom. The number of ether oxygens (including phenoxy) is 1. The molecule has 0 fully saturated rings. The lowest BCUT2D eigenvalue weighted by molar-refractivity contribution is -0.142. The molecular weight excluding hydrogens is 549 g/mol. The van der Waals surface area contributed by atoms with Gasteiger partial charge in [0, 0.05) is 18.7 Å². The number of methoxy groups -OCH3 is 1. The average Bonchev–Trinajstić information content (AvgIpc) is 2.92. The van der Waals surface area contributed by atoms with Gasteiger partial charge < -0.3 is 15.0 Å². The molecule has 2 aromatic carbocycles. The summed E-state index contributed by atoms with van der Waals surface area (Å²) in [5.74, 6) is 0.731. The lowest BCUT2D eigenvalue weighted by Crippen LogP contribution is -2.42. The number of nitrogens with one attached hydrogen (secondary N) is 3. The van der Waals surface area contributed by atoms with Crippen molar-refractivity contribution in [1.82, 2.24) is 10.2 Å². The first-order valence-electron chi connectivity index (χ1n) is 13.0. The summed E-state index contributed by atoms with van der Waals surface area (Å²) < 4.78 is 5.35. The van der Waals surface area contributed by atoms with Crippen LogP contribution in [0.15, 0.2) is 42.5 Å². The van der Waals surface area contributed by atoms with Gasteiger partial charge in [-0.3, -0.25) is 15.6 Å². The van der Waals surface area contributed by atoms with E-state index in [0.29, 0.717) is 34.6 Å². The van der Waals surface area contributed by atoms with E-state index >= 15 is 0 Å². The predicted octanol–water partition coefficient (Wildman–Crippen LogP) is 6.64. The number of amidine groups is 1. The minimum atomic E-state index is -0.724. The number of thioether (sulfide) groups is 3. The number of hydrogen-bond acceptors (Lipinski definition) is 8. The topological polar surface area (TPSA) is 106 Å². The molecule has 0 radical (unpaired) electrons. The summed E-state index contributed by atoms with van der Waals surface area (Å²) in [6.45, 7) is 7.34. The number of unbranched alkanes of at least 4 members (excludes halogenated alkanes) is 1. The molecule has 0 aliphatic carbocycles. The SMILES string of the molecule is CCCCN(Cc1ccc(C(=O)NC(CCSC)C(=O)OC)c(-c2ccccc2C)c1)C(=N)SC(=N)SCC. The molecule has 212 valence electrons. The monoisotopic (exact) mass is 588 g/mol. The van der Waals surface area contributed by atoms with Gasteiger partial charge in [0.1, 0.15) is 10.4 Å². The van der Waals surface area contributed by atoms with E-state index in [1.54, 1.807) is 17.8 Å². The maximum atomic E-state index is 13.5. The Labute approximate surface area is 245 Å². The van der Waals surface area contributed by atoms with Crippen molar-refractivity contribution in [2.45, 2.75) is 52.6 Å². The normalized spacial score (nSPS) is 11.5. The molecule has 1 unspecified atom stereocenters. The second-order valence-electron chi connectivity index (χ2n) is 8.93. The number of nitrogens with zero attached hydrogens (tertiary/aromatic N) is 1. The zero-order chi connectivity index (χ0) is 28.8. The summed E-state index contributed by atoms with van der Waals surface area (Å²) >= 11 is 4.21. The lowest BCUT2D eigenvalue weighted by Gasteiger charge is -2.25. The molecular formula is C29H40N4O3S3. The van der Waals surface area contributed by atoms with Crippen molar-refractivity contribution in [3.8, 4) is 11.1 Å². The van der Waals surface area contributed by atoms with Crippen LogP contribution in [-0.4, -0.2) is 63.8 Å².